The average Bonchev–Trinajstić information content (AvgIpc) is 3.20. The number of Topliss-reactive ketones (excluding diaryl/α,β-unsaturated/α-hetero) is 1. The van der Waals surface area contributed by atoms with Gasteiger partial charge in [0.1, 0.15) is 6.04 Å². The van der Waals surface area contributed by atoms with Crippen LogP contribution in [-0.2, 0) is 14.4 Å². The summed E-state index contributed by atoms with van der Waals surface area (Å²) in [7, 11) is 0. The van der Waals surface area contributed by atoms with Crippen LogP contribution in [0.5, 0.6) is 0 Å². The molecule has 2 aromatic carbocycles. The van der Waals surface area contributed by atoms with Gasteiger partial charge in [0.2, 0.25) is 11.8 Å². The summed E-state index contributed by atoms with van der Waals surface area (Å²) in [6.45, 7) is 13.7. The van der Waals surface area contributed by atoms with Gasteiger partial charge in [0, 0.05) is 16.7 Å². The second-order valence-corrected chi connectivity index (χ2v) is 11.2. The van der Waals surface area contributed by atoms with E-state index in [1.165, 1.54) is 4.90 Å². The monoisotopic (exact) mass is 456 g/mol. The third-order valence-corrected chi connectivity index (χ3v) is 7.60. The zero-order valence-corrected chi connectivity index (χ0v) is 21.0. The molecule has 5 nitrogen and oxygen atoms in total. The molecule has 2 amide bonds. The van der Waals surface area contributed by atoms with Gasteiger partial charge in [-0.25, -0.2) is 4.90 Å². The summed E-state index contributed by atoms with van der Waals surface area (Å²) in [4.78, 5) is 45.2. The molecule has 2 aromatic rings. The van der Waals surface area contributed by atoms with E-state index in [4.69, 9.17) is 0 Å². The normalized spacial score (nSPS) is 25.8. The van der Waals surface area contributed by atoms with Gasteiger partial charge in [-0.3, -0.25) is 14.4 Å². The van der Waals surface area contributed by atoms with E-state index in [1.807, 2.05) is 78.8 Å². The molecule has 5 heteroatoms. The number of anilines is 2. The van der Waals surface area contributed by atoms with Crippen LogP contribution in [0, 0.1) is 38.0 Å². The van der Waals surface area contributed by atoms with Crippen molar-refractivity contribution in [1.82, 2.24) is 0 Å². The Kier molecular flexibility index (Phi) is 4.91. The fourth-order valence-electron chi connectivity index (χ4n) is 5.99. The molecule has 0 radical (unpaired) electrons. The molecule has 0 N–H and O–H groups in total. The minimum absolute atomic E-state index is 0.00638. The fourth-order valence-corrected chi connectivity index (χ4v) is 5.99. The quantitative estimate of drug-likeness (QED) is 0.597. The van der Waals surface area contributed by atoms with Gasteiger partial charge in [-0.2, -0.15) is 0 Å². The zero-order valence-electron chi connectivity index (χ0n) is 21.0. The topological polar surface area (TPSA) is 57.7 Å². The van der Waals surface area contributed by atoms with E-state index in [9.17, 15) is 14.4 Å². The van der Waals surface area contributed by atoms with E-state index in [0.717, 1.165) is 33.5 Å². The lowest BCUT2D eigenvalue weighted by atomic mass is 9.79. The number of nitrogens with zero attached hydrogens (tertiary/aromatic N) is 2. The van der Waals surface area contributed by atoms with Crippen molar-refractivity contribution in [1.29, 1.82) is 0 Å². The van der Waals surface area contributed by atoms with E-state index in [2.05, 4.69) is 17.0 Å². The Balaban J connectivity index is 1.69. The van der Waals surface area contributed by atoms with Gasteiger partial charge in [0.15, 0.2) is 5.78 Å². The van der Waals surface area contributed by atoms with Gasteiger partial charge in [-0.15, -0.1) is 0 Å². The predicted molar refractivity (Wildman–Crippen MR) is 135 cm³/mol. The second kappa shape index (κ2) is 7.39. The smallest absolute Gasteiger partial charge is 0.240 e. The molecule has 0 aromatic heterocycles. The van der Waals surface area contributed by atoms with Gasteiger partial charge in [-0.1, -0.05) is 56.2 Å². The number of imide groups is 1. The van der Waals surface area contributed by atoms with Crippen molar-refractivity contribution >= 4 is 34.5 Å². The number of hydrogen-bond donors (Lipinski definition) is 0. The Morgan fingerprint density at radius 3 is 2.03 bits per heavy atom. The summed E-state index contributed by atoms with van der Waals surface area (Å²) in [5, 5.41) is 0. The van der Waals surface area contributed by atoms with Crippen LogP contribution in [0.1, 0.15) is 49.9 Å². The van der Waals surface area contributed by atoms with Crippen LogP contribution in [-0.4, -0.2) is 29.7 Å². The number of ketones is 1. The zero-order chi connectivity index (χ0) is 24.7. The summed E-state index contributed by atoms with van der Waals surface area (Å²) in [5.41, 5.74) is 6.14. The Morgan fingerprint density at radius 2 is 1.41 bits per heavy atom. The average molecular weight is 457 g/mol. The molecule has 2 saturated heterocycles. The number of allylic oxidation sites excluding steroid dienone is 1. The maximum absolute atomic E-state index is 14.0. The number of benzene rings is 2. The molecule has 0 unspecified atom stereocenters. The first-order chi connectivity index (χ1) is 15.9. The lowest BCUT2D eigenvalue weighted by molar-refractivity contribution is -0.132. The number of carbonyl (C=O) groups is 3. The van der Waals surface area contributed by atoms with E-state index in [1.54, 1.807) is 0 Å². The van der Waals surface area contributed by atoms with Crippen molar-refractivity contribution in [2.45, 2.75) is 60.5 Å². The Labute approximate surface area is 201 Å². The SMILES string of the molecule is CC1=C[C@@H]2[C@H]3C(=O)N(c4ccc(C)cc4C)C(=O)[C@H]3[C@@H](C(=O)C(C)(C)C)N2c2ccc(C)cc21. The molecular weight excluding hydrogens is 424 g/mol. The first-order valence-corrected chi connectivity index (χ1v) is 12.0. The molecule has 4 atom stereocenters. The maximum Gasteiger partial charge on any atom is 0.240 e. The highest BCUT2D eigenvalue weighted by molar-refractivity contribution is 6.25. The van der Waals surface area contributed by atoms with Crippen molar-refractivity contribution in [3.63, 3.8) is 0 Å². The number of aryl methyl sites for hydroxylation is 3. The fraction of sp³-hybridized carbons (Fsp3) is 0.414. The summed E-state index contributed by atoms with van der Waals surface area (Å²) < 4.78 is 0. The molecule has 0 bridgehead atoms. The van der Waals surface area contributed by atoms with Gasteiger partial charge in [-0.05, 0) is 57.0 Å². The van der Waals surface area contributed by atoms with E-state index in [-0.39, 0.29) is 23.6 Å². The summed E-state index contributed by atoms with van der Waals surface area (Å²) in [6.07, 6.45) is 2.09. The largest absolute Gasteiger partial charge is 0.353 e. The van der Waals surface area contributed by atoms with Crippen LogP contribution in [0.3, 0.4) is 0 Å². The highest BCUT2D eigenvalue weighted by Crippen LogP contribution is 2.52. The van der Waals surface area contributed by atoms with Crippen LogP contribution in [0.25, 0.3) is 5.57 Å². The van der Waals surface area contributed by atoms with Gasteiger partial charge < -0.3 is 4.90 Å². The molecule has 5 rings (SSSR count). The van der Waals surface area contributed by atoms with E-state index >= 15 is 0 Å². The molecule has 0 saturated carbocycles. The lowest BCUT2D eigenvalue weighted by Crippen LogP contribution is -2.51. The Morgan fingerprint density at radius 1 is 0.824 bits per heavy atom. The third kappa shape index (κ3) is 3.09. The lowest BCUT2D eigenvalue weighted by Gasteiger charge is -2.39. The van der Waals surface area contributed by atoms with Gasteiger partial charge in [0.05, 0.1) is 23.6 Å². The number of fused-ring (bicyclic) bond motifs is 5. The predicted octanol–water partition coefficient (Wildman–Crippen LogP) is 5.01. The molecule has 34 heavy (non-hydrogen) atoms. The molecule has 3 aliphatic rings. The molecule has 176 valence electrons. The minimum atomic E-state index is -0.707. The van der Waals surface area contributed by atoms with Crippen LogP contribution in [0.4, 0.5) is 11.4 Å². The van der Waals surface area contributed by atoms with Gasteiger partial charge in [0.25, 0.3) is 0 Å². The molecule has 0 spiro atoms. The van der Waals surface area contributed by atoms with Crippen molar-refractivity contribution in [2.75, 3.05) is 9.80 Å². The standard InChI is InChI=1S/C29H32N2O3/c1-15-8-10-20(18(4)12-15)31-27(33)23-22-14-17(3)19-13-16(2)9-11-21(19)30(22)25(24(23)28(31)34)26(32)29(5,6)7/h8-14,22-25H,1-7H3/t22-,23-,24-,25+/m1/s1. The Bertz CT molecular complexity index is 1280. The van der Waals surface area contributed by atoms with Crippen molar-refractivity contribution in [3.8, 4) is 0 Å². The summed E-state index contributed by atoms with van der Waals surface area (Å²) in [6, 6.07) is 10.9. The van der Waals surface area contributed by atoms with Crippen molar-refractivity contribution in [3.05, 3.63) is 64.7 Å². The molecule has 3 heterocycles. The van der Waals surface area contributed by atoms with Crippen LogP contribution in [0.2, 0.25) is 0 Å². The molecule has 2 fully saturated rings. The van der Waals surface area contributed by atoms with Crippen LogP contribution < -0.4 is 9.80 Å². The van der Waals surface area contributed by atoms with Crippen molar-refractivity contribution < 1.29 is 14.4 Å². The van der Waals surface area contributed by atoms with Crippen molar-refractivity contribution in [2.24, 2.45) is 17.3 Å². The third-order valence-electron chi connectivity index (χ3n) is 7.60. The number of rotatable bonds is 2. The first-order valence-electron chi connectivity index (χ1n) is 12.0. The highest BCUT2D eigenvalue weighted by atomic mass is 16.2. The maximum atomic E-state index is 14.0. The molecule has 3 aliphatic heterocycles. The van der Waals surface area contributed by atoms with Gasteiger partial charge >= 0.3 is 0 Å². The van der Waals surface area contributed by atoms with E-state index < -0.39 is 23.3 Å². The minimum Gasteiger partial charge on any atom is -0.353 e. The van der Waals surface area contributed by atoms with Crippen LogP contribution in [0.15, 0.2) is 42.5 Å². The number of carbonyl (C=O) groups excluding carboxylic acids is 3. The number of hydrogen-bond acceptors (Lipinski definition) is 4. The van der Waals surface area contributed by atoms with Crippen LogP contribution >= 0.6 is 0 Å². The highest BCUT2D eigenvalue weighted by Gasteiger charge is 2.65. The molecular formula is C29H32N2O3. The molecule has 0 aliphatic carbocycles. The summed E-state index contributed by atoms with van der Waals surface area (Å²) in [5.74, 6) is -1.78. The summed E-state index contributed by atoms with van der Waals surface area (Å²) >= 11 is 0. The first kappa shape index (κ1) is 22.6. The second-order valence-electron chi connectivity index (χ2n) is 11.2. The Hall–Kier alpha value is -3.21. The number of amides is 2. The van der Waals surface area contributed by atoms with E-state index in [0.29, 0.717) is 5.69 Å².